The van der Waals surface area contributed by atoms with Crippen molar-refractivity contribution < 1.29 is 4.79 Å². The van der Waals surface area contributed by atoms with E-state index in [0.29, 0.717) is 18.7 Å². The minimum absolute atomic E-state index is 0.0429. The molecular formula is C19H19N5OS. The number of nitrogens with zero attached hydrogens (tertiary/aromatic N) is 5. The molecule has 0 radical (unpaired) electrons. The SMILES string of the molecule is Cc1nc(-c2cccs2)ccc1C(=O)N1CCN(c2ncccn2)CC1. The first-order valence-corrected chi connectivity index (χ1v) is 9.43. The Bertz CT molecular complexity index is 890. The van der Waals surface area contributed by atoms with Gasteiger partial charge in [0.2, 0.25) is 5.95 Å². The maximum Gasteiger partial charge on any atom is 0.255 e. The van der Waals surface area contributed by atoms with Gasteiger partial charge in [0.1, 0.15) is 0 Å². The van der Waals surface area contributed by atoms with Crippen molar-refractivity contribution >= 4 is 23.2 Å². The summed E-state index contributed by atoms with van der Waals surface area (Å²) >= 11 is 1.65. The number of amides is 1. The highest BCUT2D eigenvalue weighted by atomic mass is 32.1. The fourth-order valence-corrected chi connectivity index (χ4v) is 3.78. The van der Waals surface area contributed by atoms with Crippen molar-refractivity contribution in [2.45, 2.75) is 6.92 Å². The van der Waals surface area contributed by atoms with E-state index >= 15 is 0 Å². The van der Waals surface area contributed by atoms with Crippen LogP contribution < -0.4 is 4.90 Å². The number of piperazine rings is 1. The lowest BCUT2D eigenvalue weighted by molar-refractivity contribution is 0.0745. The number of aryl methyl sites for hydroxylation is 1. The Balaban J connectivity index is 1.45. The molecule has 0 unspecified atom stereocenters. The van der Waals surface area contributed by atoms with Crippen LogP contribution in [0.1, 0.15) is 16.1 Å². The minimum atomic E-state index is 0.0429. The number of aromatic nitrogens is 3. The van der Waals surface area contributed by atoms with E-state index in [-0.39, 0.29) is 5.91 Å². The van der Waals surface area contributed by atoms with Gasteiger partial charge in [0.05, 0.1) is 21.8 Å². The number of carbonyl (C=O) groups excluding carboxylic acids is 1. The van der Waals surface area contributed by atoms with Crippen LogP contribution in [0.15, 0.2) is 48.1 Å². The molecule has 0 atom stereocenters. The summed E-state index contributed by atoms with van der Waals surface area (Å²) in [5.74, 6) is 0.763. The molecule has 1 saturated heterocycles. The third-order valence-electron chi connectivity index (χ3n) is 4.49. The second-order valence-electron chi connectivity index (χ2n) is 6.13. The minimum Gasteiger partial charge on any atom is -0.337 e. The molecule has 0 aliphatic carbocycles. The van der Waals surface area contributed by atoms with E-state index in [2.05, 4.69) is 19.9 Å². The Morgan fingerprint density at radius 1 is 1.04 bits per heavy atom. The molecule has 7 heteroatoms. The third kappa shape index (κ3) is 3.30. The molecule has 0 spiro atoms. The molecule has 1 amide bonds. The zero-order valence-electron chi connectivity index (χ0n) is 14.5. The zero-order chi connectivity index (χ0) is 17.9. The lowest BCUT2D eigenvalue weighted by Crippen LogP contribution is -2.49. The van der Waals surface area contributed by atoms with Crippen LogP contribution >= 0.6 is 11.3 Å². The Morgan fingerprint density at radius 2 is 1.81 bits per heavy atom. The summed E-state index contributed by atoms with van der Waals surface area (Å²) in [4.78, 5) is 31.2. The van der Waals surface area contributed by atoms with Gasteiger partial charge < -0.3 is 9.80 Å². The number of thiophene rings is 1. The van der Waals surface area contributed by atoms with Crippen molar-refractivity contribution in [2.24, 2.45) is 0 Å². The normalized spacial score (nSPS) is 14.5. The molecule has 1 fully saturated rings. The summed E-state index contributed by atoms with van der Waals surface area (Å²) in [5, 5.41) is 2.03. The predicted octanol–water partition coefficient (Wildman–Crippen LogP) is 2.87. The topological polar surface area (TPSA) is 62.2 Å². The van der Waals surface area contributed by atoms with Crippen LogP contribution in [-0.2, 0) is 0 Å². The standard InChI is InChI=1S/C19H19N5OS/c1-14-15(5-6-16(22-14)17-4-2-13-26-17)18(25)23-9-11-24(12-10-23)19-20-7-3-8-21-19/h2-8,13H,9-12H2,1H3. The van der Waals surface area contributed by atoms with Gasteiger partial charge in [0, 0.05) is 38.6 Å². The monoisotopic (exact) mass is 365 g/mol. The smallest absolute Gasteiger partial charge is 0.255 e. The molecule has 1 aliphatic heterocycles. The molecule has 1 aliphatic rings. The summed E-state index contributed by atoms with van der Waals surface area (Å²) in [7, 11) is 0. The van der Waals surface area contributed by atoms with Crippen molar-refractivity contribution in [1.29, 1.82) is 0 Å². The van der Waals surface area contributed by atoms with Crippen LogP contribution in [0.5, 0.6) is 0 Å². The molecular weight excluding hydrogens is 346 g/mol. The van der Waals surface area contributed by atoms with Crippen LogP contribution in [0.25, 0.3) is 10.6 Å². The molecule has 0 bridgehead atoms. The summed E-state index contributed by atoms with van der Waals surface area (Å²) in [6.07, 6.45) is 3.48. The Morgan fingerprint density at radius 3 is 2.46 bits per heavy atom. The first-order valence-electron chi connectivity index (χ1n) is 8.55. The van der Waals surface area contributed by atoms with Gasteiger partial charge in [-0.2, -0.15) is 0 Å². The highest BCUT2D eigenvalue weighted by Gasteiger charge is 2.24. The van der Waals surface area contributed by atoms with Crippen LogP contribution in [0.2, 0.25) is 0 Å². The maximum atomic E-state index is 12.9. The summed E-state index contributed by atoms with van der Waals surface area (Å²) < 4.78 is 0. The van der Waals surface area contributed by atoms with Crippen LogP contribution in [0.3, 0.4) is 0 Å². The molecule has 132 valence electrons. The Hall–Kier alpha value is -2.80. The van der Waals surface area contributed by atoms with Gasteiger partial charge >= 0.3 is 0 Å². The molecule has 0 N–H and O–H groups in total. The fraction of sp³-hybridized carbons (Fsp3) is 0.263. The van der Waals surface area contributed by atoms with Crippen molar-refractivity contribution in [3.63, 3.8) is 0 Å². The lowest BCUT2D eigenvalue weighted by Gasteiger charge is -2.34. The molecule has 0 saturated carbocycles. The van der Waals surface area contributed by atoms with Gasteiger partial charge in [-0.15, -0.1) is 11.3 Å². The number of carbonyl (C=O) groups is 1. The van der Waals surface area contributed by atoms with E-state index in [1.165, 1.54) is 0 Å². The van der Waals surface area contributed by atoms with E-state index in [1.54, 1.807) is 29.8 Å². The highest BCUT2D eigenvalue weighted by Crippen LogP contribution is 2.24. The fourth-order valence-electron chi connectivity index (χ4n) is 3.08. The van der Waals surface area contributed by atoms with E-state index in [4.69, 9.17) is 0 Å². The second kappa shape index (κ2) is 7.21. The van der Waals surface area contributed by atoms with E-state index in [1.807, 2.05) is 41.5 Å². The molecule has 6 nitrogen and oxygen atoms in total. The van der Waals surface area contributed by atoms with Crippen LogP contribution in [0.4, 0.5) is 5.95 Å². The second-order valence-corrected chi connectivity index (χ2v) is 7.08. The summed E-state index contributed by atoms with van der Waals surface area (Å²) in [5.41, 5.74) is 2.37. The van der Waals surface area contributed by atoms with Crippen molar-refractivity contribution in [3.8, 4) is 10.6 Å². The molecule has 0 aromatic carbocycles. The predicted molar refractivity (Wildman–Crippen MR) is 102 cm³/mol. The maximum absolute atomic E-state index is 12.9. The number of hydrogen-bond donors (Lipinski definition) is 0. The average Bonchev–Trinajstić information content (AvgIpc) is 3.23. The summed E-state index contributed by atoms with van der Waals surface area (Å²) in [6.45, 7) is 4.68. The van der Waals surface area contributed by atoms with E-state index in [9.17, 15) is 4.79 Å². The number of hydrogen-bond acceptors (Lipinski definition) is 6. The highest BCUT2D eigenvalue weighted by molar-refractivity contribution is 7.13. The van der Waals surface area contributed by atoms with Crippen LogP contribution in [0, 0.1) is 6.92 Å². The van der Waals surface area contributed by atoms with Gasteiger partial charge in [-0.1, -0.05) is 6.07 Å². The number of pyridine rings is 1. The zero-order valence-corrected chi connectivity index (χ0v) is 15.3. The van der Waals surface area contributed by atoms with Crippen molar-refractivity contribution in [1.82, 2.24) is 19.9 Å². The van der Waals surface area contributed by atoms with Gasteiger partial charge in [0.25, 0.3) is 5.91 Å². The van der Waals surface area contributed by atoms with Crippen molar-refractivity contribution in [2.75, 3.05) is 31.1 Å². The lowest BCUT2D eigenvalue weighted by atomic mass is 10.1. The number of rotatable bonds is 3. The van der Waals surface area contributed by atoms with E-state index < -0.39 is 0 Å². The van der Waals surface area contributed by atoms with Crippen molar-refractivity contribution in [3.05, 3.63) is 59.4 Å². The van der Waals surface area contributed by atoms with Gasteiger partial charge in [0.15, 0.2) is 0 Å². The first kappa shape index (κ1) is 16.7. The van der Waals surface area contributed by atoms with Crippen LogP contribution in [-0.4, -0.2) is 51.9 Å². The van der Waals surface area contributed by atoms with Gasteiger partial charge in [-0.3, -0.25) is 9.78 Å². The molecule has 3 aromatic heterocycles. The third-order valence-corrected chi connectivity index (χ3v) is 5.38. The largest absolute Gasteiger partial charge is 0.337 e. The first-order chi connectivity index (χ1) is 12.7. The summed E-state index contributed by atoms with van der Waals surface area (Å²) in [6, 6.07) is 9.68. The average molecular weight is 365 g/mol. The molecule has 26 heavy (non-hydrogen) atoms. The molecule has 4 heterocycles. The Labute approximate surface area is 156 Å². The molecule has 3 aromatic rings. The Kier molecular flexibility index (Phi) is 4.62. The quantitative estimate of drug-likeness (QED) is 0.714. The van der Waals surface area contributed by atoms with E-state index in [0.717, 1.165) is 35.3 Å². The number of anilines is 1. The van der Waals surface area contributed by atoms with Gasteiger partial charge in [-0.05, 0) is 36.6 Å². The van der Waals surface area contributed by atoms with Gasteiger partial charge in [-0.25, -0.2) is 9.97 Å². The molecule has 4 rings (SSSR count).